The Morgan fingerprint density at radius 3 is 2.44 bits per heavy atom. The number of hydrogen-bond donors (Lipinski definition) is 1. The van der Waals surface area contributed by atoms with Crippen molar-refractivity contribution in [2.45, 2.75) is 25.4 Å². The molecular weight excluding hydrogens is 442 g/mol. The molecule has 1 fully saturated rings. The van der Waals surface area contributed by atoms with Crippen LogP contribution in [0.5, 0.6) is 11.5 Å². The molecule has 1 amide bonds. The van der Waals surface area contributed by atoms with E-state index in [4.69, 9.17) is 9.47 Å². The number of aromatic nitrogens is 3. The van der Waals surface area contributed by atoms with E-state index >= 15 is 0 Å². The molecule has 0 unspecified atom stereocenters. The Morgan fingerprint density at radius 2 is 1.76 bits per heavy atom. The van der Waals surface area contributed by atoms with Crippen molar-refractivity contribution in [3.63, 3.8) is 0 Å². The van der Waals surface area contributed by atoms with E-state index < -0.39 is 11.6 Å². The maximum absolute atomic E-state index is 14.9. The molecule has 0 radical (unpaired) electrons. The summed E-state index contributed by atoms with van der Waals surface area (Å²) in [6.45, 7) is 0.608. The maximum Gasteiger partial charge on any atom is 0.254 e. The average Bonchev–Trinajstić information content (AvgIpc) is 3.52. The van der Waals surface area contributed by atoms with Crippen molar-refractivity contribution in [2.75, 3.05) is 14.2 Å². The smallest absolute Gasteiger partial charge is 0.254 e. The average molecular weight is 462 g/mol. The Labute approximate surface area is 193 Å². The van der Waals surface area contributed by atoms with Crippen LogP contribution >= 0.6 is 0 Å². The van der Waals surface area contributed by atoms with Crippen molar-refractivity contribution in [1.82, 2.24) is 20.1 Å². The molecule has 6 rings (SSSR count). The lowest BCUT2D eigenvalue weighted by Gasteiger charge is -2.13. The van der Waals surface area contributed by atoms with E-state index in [1.807, 2.05) is 23.1 Å². The summed E-state index contributed by atoms with van der Waals surface area (Å²) in [5.41, 5.74) is 3.33. The van der Waals surface area contributed by atoms with Gasteiger partial charge in [0.15, 0.2) is 28.8 Å². The minimum atomic E-state index is -0.869. The van der Waals surface area contributed by atoms with Gasteiger partial charge >= 0.3 is 0 Å². The van der Waals surface area contributed by atoms with E-state index in [1.165, 1.54) is 20.3 Å². The normalized spacial score (nSPS) is 15.2. The zero-order chi connectivity index (χ0) is 23.6. The zero-order valence-corrected chi connectivity index (χ0v) is 18.5. The number of nitrogens with one attached hydrogen (secondary N) is 1. The number of nitrogens with zero attached hydrogens (tertiary/aromatic N) is 3. The Balaban J connectivity index is 1.41. The molecule has 1 N–H and O–H groups in total. The Bertz CT molecular complexity index is 1450. The highest BCUT2D eigenvalue weighted by Gasteiger charge is 2.38. The van der Waals surface area contributed by atoms with Crippen LogP contribution in [0.1, 0.15) is 28.8 Å². The quantitative estimate of drug-likeness (QED) is 0.465. The van der Waals surface area contributed by atoms with Gasteiger partial charge in [0.2, 0.25) is 0 Å². The molecule has 9 heteroatoms. The third-order valence-electron chi connectivity index (χ3n) is 6.46. The molecule has 0 atom stereocenters. The van der Waals surface area contributed by atoms with Crippen LogP contribution in [0.2, 0.25) is 0 Å². The number of ether oxygens (including phenoxy) is 2. The minimum Gasteiger partial charge on any atom is -0.494 e. The van der Waals surface area contributed by atoms with Crippen LogP contribution in [0, 0.1) is 11.6 Å². The summed E-state index contributed by atoms with van der Waals surface area (Å²) < 4.78 is 39.9. The molecule has 34 heavy (non-hydrogen) atoms. The lowest BCUT2D eigenvalue weighted by Crippen LogP contribution is -2.25. The molecule has 4 aromatic rings. The van der Waals surface area contributed by atoms with Crippen LogP contribution in [0.4, 0.5) is 8.78 Å². The largest absolute Gasteiger partial charge is 0.494 e. The van der Waals surface area contributed by atoms with Crippen molar-refractivity contribution in [3.8, 4) is 34.0 Å². The van der Waals surface area contributed by atoms with Crippen molar-refractivity contribution >= 4 is 16.9 Å². The number of halogens is 2. The fraction of sp³-hybridized carbons (Fsp3) is 0.240. The molecule has 0 bridgehead atoms. The molecule has 2 aliphatic rings. The number of carbonyl (C=O) groups excluding carboxylic acids is 1. The highest BCUT2D eigenvalue weighted by Crippen LogP contribution is 2.39. The van der Waals surface area contributed by atoms with Gasteiger partial charge in [-0.3, -0.25) is 9.89 Å². The van der Waals surface area contributed by atoms with Crippen LogP contribution in [-0.4, -0.2) is 46.2 Å². The number of fused-ring (bicyclic) bond motifs is 2. The summed E-state index contributed by atoms with van der Waals surface area (Å²) in [6, 6.07) is 10.5. The van der Waals surface area contributed by atoms with Gasteiger partial charge in [-0.15, -0.1) is 0 Å². The first-order valence-corrected chi connectivity index (χ1v) is 10.9. The van der Waals surface area contributed by atoms with E-state index in [1.54, 1.807) is 6.07 Å². The van der Waals surface area contributed by atoms with Crippen LogP contribution in [0.15, 0.2) is 36.4 Å². The number of amides is 1. The molecule has 1 aliphatic heterocycles. The molecule has 1 saturated carbocycles. The third-order valence-corrected chi connectivity index (χ3v) is 6.46. The summed E-state index contributed by atoms with van der Waals surface area (Å²) in [6.07, 6.45) is 2.12. The topological polar surface area (TPSA) is 80.3 Å². The van der Waals surface area contributed by atoms with Gasteiger partial charge in [0.1, 0.15) is 0 Å². The van der Waals surface area contributed by atoms with E-state index in [-0.39, 0.29) is 28.7 Å². The van der Waals surface area contributed by atoms with Gasteiger partial charge in [0.25, 0.3) is 5.91 Å². The van der Waals surface area contributed by atoms with E-state index in [9.17, 15) is 13.6 Å². The number of pyridine rings is 1. The predicted octanol–water partition coefficient (Wildman–Crippen LogP) is 4.71. The van der Waals surface area contributed by atoms with Crippen molar-refractivity contribution < 1.29 is 23.0 Å². The fourth-order valence-corrected chi connectivity index (χ4v) is 4.55. The highest BCUT2D eigenvalue weighted by molar-refractivity contribution is 6.00. The molecule has 1 aliphatic carbocycles. The number of H-pyrrole nitrogens is 1. The molecule has 0 spiro atoms. The molecule has 0 saturated heterocycles. The lowest BCUT2D eigenvalue weighted by atomic mass is 10.0. The van der Waals surface area contributed by atoms with E-state index in [0.29, 0.717) is 23.6 Å². The number of hydrogen-bond acceptors (Lipinski definition) is 5. The summed E-state index contributed by atoms with van der Waals surface area (Å²) in [7, 11) is 2.59. The molecule has 7 nitrogen and oxygen atoms in total. The Hall–Kier alpha value is -4.01. The van der Waals surface area contributed by atoms with Gasteiger partial charge in [-0.25, -0.2) is 13.8 Å². The van der Waals surface area contributed by atoms with Crippen LogP contribution in [-0.2, 0) is 6.54 Å². The van der Waals surface area contributed by atoms with Crippen molar-refractivity contribution in [1.29, 1.82) is 0 Å². The molecular formula is C25H20F2N4O3. The first kappa shape index (κ1) is 20.6. The highest BCUT2D eigenvalue weighted by atomic mass is 19.1. The number of benzene rings is 2. The van der Waals surface area contributed by atoms with Gasteiger partial charge in [0, 0.05) is 35.2 Å². The second-order valence-corrected chi connectivity index (χ2v) is 8.49. The van der Waals surface area contributed by atoms with Gasteiger partial charge < -0.3 is 14.4 Å². The van der Waals surface area contributed by atoms with Crippen LogP contribution < -0.4 is 9.47 Å². The number of aromatic amines is 1. The Morgan fingerprint density at radius 1 is 1.03 bits per heavy atom. The third kappa shape index (κ3) is 3.03. The second-order valence-electron chi connectivity index (χ2n) is 8.49. The fourth-order valence-electron chi connectivity index (χ4n) is 4.55. The van der Waals surface area contributed by atoms with Gasteiger partial charge in [-0.1, -0.05) is 6.07 Å². The van der Waals surface area contributed by atoms with Crippen molar-refractivity contribution in [3.05, 3.63) is 59.2 Å². The molecule has 2 aromatic heterocycles. The minimum absolute atomic E-state index is 0.0670. The molecule has 2 aromatic carbocycles. The number of methoxy groups -OCH3 is 2. The first-order chi connectivity index (χ1) is 16.5. The first-order valence-electron chi connectivity index (χ1n) is 10.9. The number of rotatable bonds is 5. The van der Waals surface area contributed by atoms with Crippen molar-refractivity contribution in [2.24, 2.45) is 0 Å². The van der Waals surface area contributed by atoms with Gasteiger partial charge in [-0.2, -0.15) is 5.10 Å². The van der Waals surface area contributed by atoms with Gasteiger partial charge in [0.05, 0.1) is 31.2 Å². The standard InChI is InChI=1S/C25H20F2N4O3/c1-33-18-10-19(34-2)22(27)20(21(18)26)17-8-7-16-23(29-30-24(16)28-17)12-3-6-15-13(9-12)11-31(25(15)32)14-4-5-14/h3,6-10,14H,4-5,11H2,1-2H3,(H,28,29,30). The molecule has 3 heterocycles. The second kappa shape index (κ2) is 7.51. The SMILES string of the molecule is COc1cc(OC)c(F)c(-c2ccc3c(-c4ccc5c(c4)CN(C4CC4)C5=O)[nH]nc3n2)c1F. The van der Waals surface area contributed by atoms with Gasteiger partial charge in [-0.05, 0) is 42.7 Å². The summed E-state index contributed by atoms with van der Waals surface area (Å²) in [5, 5.41) is 7.95. The Kier molecular flexibility index (Phi) is 4.55. The van der Waals surface area contributed by atoms with E-state index in [2.05, 4.69) is 15.2 Å². The lowest BCUT2D eigenvalue weighted by molar-refractivity contribution is 0.0766. The number of carbonyl (C=O) groups is 1. The monoisotopic (exact) mass is 462 g/mol. The summed E-state index contributed by atoms with van der Waals surface area (Å²) >= 11 is 0. The van der Waals surface area contributed by atoms with Crippen LogP contribution in [0.3, 0.4) is 0 Å². The summed E-state index contributed by atoms with van der Waals surface area (Å²) in [4.78, 5) is 18.9. The summed E-state index contributed by atoms with van der Waals surface area (Å²) in [5.74, 6) is -1.95. The maximum atomic E-state index is 14.9. The van der Waals surface area contributed by atoms with E-state index in [0.717, 1.165) is 41.3 Å². The molecule has 172 valence electrons. The zero-order valence-electron chi connectivity index (χ0n) is 18.5. The van der Waals surface area contributed by atoms with Crippen LogP contribution in [0.25, 0.3) is 33.5 Å². The predicted molar refractivity (Wildman–Crippen MR) is 121 cm³/mol.